The molecule has 12 nitrogen and oxygen atoms in total. The number of nitrogens with one attached hydrogen (secondary N) is 6. The SMILES string of the molecule is CCN(CC)CCNC(=O)c1c(C)[nH]c(/C=C2\C(=O)Nc3ccc(F)cc32)c1C.CCN(CC)CCNC(=O)c1c(C)c[nH]c1C.O=C1Cc2cc(F)ccc2N1. The molecule has 0 radical (unpaired) electrons. The summed E-state index contributed by atoms with van der Waals surface area (Å²) in [5.74, 6) is -1.17. The summed E-state index contributed by atoms with van der Waals surface area (Å²) >= 11 is 0. The van der Waals surface area contributed by atoms with Crippen LogP contribution in [0.15, 0.2) is 42.6 Å². The molecule has 4 heterocycles. The fourth-order valence-electron chi connectivity index (χ4n) is 6.82. The third-order valence-electron chi connectivity index (χ3n) is 10.2. The van der Waals surface area contributed by atoms with Gasteiger partial charge in [0, 0.05) is 66.4 Å². The summed E-state index contributed by atoms with van der Waals surface area (Å²) in [6.45, 7) is 22.9. The molecule has 4 aromatic rings. The smallest absolute Gasteiger partial charge is 0.256 e. The predicted molar refractivity (Wildman–Crippen MR) is 222 cm³/mol. The molecule has 4 amide bonds. The molecule has 0 spiro atoms. The van der Waals surface area contributed by atoms with Gasteiger partial charge in [0.25, 0.3) is 17.7 Å². The van der Waals surface area contributed by atoms with Crippen LogP contribution < -0.4 is 21.3 Å². The zero-order valence-electron chi connectivity index (χ0n) is 34.3. The van der Waals surface area contributed by atoms with Crippen LogP contribution in [0.4, 0.5) is 20.2 Å². The highest BCUT2D eigenvalue weighted by Gasteiger charge is 2.26. The average molecular weight is 787 g/mol. The summed E-state index contributed by atoms with van der Waals surface area (Å²) in [7, 11) is 0. The van der Waals surface area contributed by atoms with Crippen molar-refractivity contribution >= 4 is 46.7 Å². The molecule has 2 aliphatic rings. The summed E-state index contributed by atoms with van der Waals surface area (Å²) in [6, 6.07) is 8.50. The van der Waals surface area contributed by atoms with E-state index in [0.29, 0.717) is 47.6 Å². The molecule has 0 unspecified atom stereocenters. The lowest BCUT2D eigenvalue weighted by Crippen LogP contribution is -2.35. The van der Waals surface area contributed by atoms with Gasteiger partial charge in [0.15, 0.2) is 0 Å². The zero-order chi connectivity index (χ0) is 41.8. The van der Waals surface area contributed by atoms with E-state index in [4.69, 9.17) is 0 Å². The summed E-state index contributed by atoms with van der Waals surface area (Å²) in [5, 5.41) is 11.3. The van der Waals surface area contributed by atoms with Crippen LogP contribution in [0.1, 0.15) is 87.7 Å². The van der Waals surface area contributed by atoms with Crippen LogP contribution in [0.2, 0.25) is 0 Å². The van der Waals surface area contributed by atoms with Gasteiger partial charge < -0.3 is 41.0 Å². The molecule has 57 heavy (non-hydrogen) atoms. The number of carbonyl (C=O) groups excluding carboxylic acids is 4. The molecular formula is C43H56F2N8O4. The number of anilines is 2. The largest absolute Gasteiger partial charge is 0.364 e. The second kappa shape index (κ2) is 20.5. The Morgan fingerprint density at radius 1 is 0.754 bits per heavy atom. The third kappa shape index (κ3) is 11.5. The highest BCUT2D eigenvalue weighted by Crippen LogP contribution is 2.34. The zero-order valence-corrected chi connectivity index (χ0v) is 34.3. The van der Waals surface area contributed by atoms with Crippen molar-refractivity contribution in [2.24, 2.45) is 0 Å². The highest BCUT2D eigenvalue weighted by atomic mass is 19.1. The first kappa shape index (κ1) is 44.1. The molecule has 306 valence electrons. The van der Waals surface area contributed by atoms with Crippen molar-refractivity contribution in [2.45, 2.75) is 61.8 Å². The number of hydrogen-bond donors (Lipinski definition) is 6. The molecule has 2 aromatic carbocycles. The number of H-pyrrole nitrogens is 2. The van der Waals surface area contributed by atoms with E-state index in [1.54, 1.807) is 18.2 Å². The summed E-state index contributed by atoms with van der Waals surface area (Å²) in [6.07, 6.45) is 3.84. The quantitative estimate of drug-likeness (QED) is 0.0868. The van der Waals surface area contributed by atoms with E-state index >= 15 is 0 Å². The van der Waals surface area contributed by atoms with Crippen molar-refractivity contribution < 1.29 is 28.0 Å². The van der Waals surface area contributed by atoms with Crippen LogP contribution >= 0.6 is 0 Å². The van der Waals surface area contributed by atoms with Gasteiger partial charge in [-0.05, 0) is 113 Å². The Hall–Kier alpha value is -5.60. The molecular weight excluding hydrogens is 731 g/mol. The number of nitrogens with zero attached hydrogens (tertiary/aromatic N) is 2. The number of aryl methyl sites for hydroxylation is 3. The van der Waals surface area contributed by atoms with Crippen LogP contribution in [-0.2, 0) is 16.0 Å². The second-order valence-electron chi connectivity index (χ2n) is 13.9. The second-order valence-corrected chi connectivity index (χ2v) is 13.9. The van der Waals surface area contributed by atoms with E-state index in [1.807, 2.05) is 33.9 Å². The minimum Gasteiger partial charge on any atom is -0.364 e. The maximum absolute atomic E-state index is 13.7. The van der Waals surface area contributed by atoms with E-state index < -0.39 is 5.82 Å². The van der Waals surface area contributed by atoms with Gasteiger partial charge in [0.2, 0.25) is 5.91 Å². The fraction of sp³-hybridized carbons (Fsp3) is 0.395. The molecule has 0 saturated carbocycles. The Bertz CT molecular complexity index is 2080. The molecule has 0 saturated heterocycles. The maximum atomic E-state index is 13.7. The predicted octanol–water partition coefficient (Wildman–Crippen LogP) is 6.36. The van der Waals surface area contributed by atoms with E-state index in [2.05, 4.69) is 68.7 Å². The first-order valence-corrected chi connectivity index (χ1v) is 19.5. The molecule has 0 aliphatic carbocycles. The number of aromatic amines is 2. The lowest BCUT2D eigenvalue weighted by molar-refractivity contribution is -0.115. The van der Waals surface area contributed by atoms with Crippen LogP contribution in [0, 0.1) is 39.3 Å². The fourth-order valence-corrected chi connectivity index (χ4v) is 6.82. The van der Waals surface area contributed by atoms with Crippen LogP contribution in [0.25, 0.3) is 11.6 Å². The van der Waals surface area contributed by atoms with E-state index in [0.717, 1.165) is 78.6 Å². The van der Waals surface area contributed by atoms with Gasteiger partial charge in [-0.2, -0.15) is 0 Å². The van der Waals surface area contributed by atoms with E-state index in [1.165, 1.54) is 24.3 Å². The minimum absolute atomic E-state index is 0.0217. The minimum atomic E-state index is -0.404. The summed E-state index contributed by atoms with van der Waals surface area (Å²) in [5.41, 5.74) is 8.40. The number of rotatable bonds is 13. The van der Waals surface area contributed by atoms with Crippen molar-refractivity contribution in [3.05, 3.63) is 105 Å². The summed E-state index contributed by atoms with van der Waals surface area (Å²) in [4.78, 5) is 58.6. The van der Waals surface area contributed by atoms with Crippen molar-refractivity contribution in [3.63, 3.8) is 0 Å². The average Bonchev–Trinajstić information content (AvgIpc) is 3.90. The Kier molecular flexibility index (Phi) is 15.9. The molecule has 0 atom stereocenters. The first-order valence-electron chi connectivity index (χ1n) is 19.5. The number of benzene rings is 2. The van der Waals surface area contributed by atoms with Crippen molar-refractivity contribution in [3.8, 4) is 0 Å². The molecule has 6 N–H and O–H groups in total. The standard InChI is InChI=1S/C22H27FN4O2.C13H23N3O.C8H6FNO/c1-5-27(6-2)10-9-24-22(29)20-13(3)19(25-14(20)4)12-17-16-11-15(23)7-8-18(16)26-21(17)28;1-5-16(6-2)8-7-14-13(17)12-10(3)9-15-11(12)4;9-6-1-2-7-5(3-6)4-8(11)10-7/h7-8,11-12,25H,5-6,9-10H2,1-4H3,(H,24,29)(H,26,28);9,15H,5-8H2,1-4H3,(H,14,17);1-3H,4H2,(H,10,11)/b17-12-;;. The Balaban J connectivity index is 0.000000215. The number of amides is 4. The molecule has 2 aromatic heterocycles. The topological polar surface area (TPSA) is 154 Å². The van der Waals surface area contributed by atoms with E-state index in [9.17, 15) is 28.0 Å². The lowest BCUT2D eigenvalue weighted by atomic mass is 10.0. The van der Waals surface area contributed by atoms with Crippen LogP contribution in [0.5, 0.6) is 0 Å². The number of carbonyl (C=O) groups is 4. The Morgan fingerprint density at radius 2 is 1.32 bits per heavy atom. The summed E-state index contributed by atoms with van der Waals surface area (Å²) < 4.78 is 26.2. The Morgan fingerprint density at radius 3 is 1.88 bits per heavy atom. The molecule has 14 heteroatoms. The number of halogens is 2. The number of hydrogen-bond acceptors (Lipinski definition) is 6. The lowest BCUT2D eigenvalue weighted by Gasteiger charge is -2.18. The number of likely N-dealkylation sites (N-methyl/N-ethyl adjacent to an activating group) is 2. The number of fused-ring (bicyclic) bond motifs is 2. The monoisotopic (exact) mass is 786 g/mol. The molecule has 2 aliphatic heterocycles. The van der Waals surface area contributed by atoms with Gasteiger partial charge in [0.1, 0.15) is 11.6 Å². The molecule has 0 bridgehead atoms. The van der Waals surface area contributed by atoms with Gasteiger partial charge in [-0.3, -0.25) is 19.2 Å². The van der Waals surface area contributed by atoms with Crippen molar-refractivity contribution in [1.82, 2.24) is 30.4 Å². The van der Waals surface area contributed by atoms with Crippen LogP contribution in [-0.4, -0.2) is 95.8 Å². The normalized spacial score (nSPS) is 13.4. The first-order chi connectivity index (χ1) is 27.2. The highest BCUT2D eigenvalue weighted by molar-refractivity contribution is 6.35. The molecule has 0 fully saturated rings. The van der Waals surface area contributed by atoms with Crippen LogP contribution in [0.3, 0.4) is 0 Å². The maximum Gasteiger partial charge on any atom is 0.256 e. The Labute approximate surface area is 333 Å². The van der Waals surface area contributed by atoms with Gasteiger partial charge in [-0.1, -0.05) is 27.7 Å². The third-order valence-corrected chi connectivity index (χ3v) is 10.2. The van der Waals surface area contributed by atoms with Crippen molar-refractivity contribution in [1.29, 1.82) is 0 Å². The van der Waals surface area contributed by atoms with Crippen molar-refractivity contribution in [2.75, 3.05) is 63.0 Å². The number of aromatic nitrogens is 2. The van der Waals surface area contributed by atoms with Gasteiger partial charge in [-0.25, -0.2) is 8.78 Å². The molecule has 6 rings (SSSR count). The van der Waals surface area contributed by atoms with Gasteiger partial charge in [-0.15, -0.1) is 0 Å². The van der Waals surface area contributed by atoms with E-state index in [-0.39, 0.29) is 29.4 Å². The van der Waals surface area contributed by atoms with Gasteiger partial charge >= 0.3 is 0 Å². The van der Waals surface area contributed by atoms with Gasteiger partial charge in [0.05, 0.1) is 23.1 Å².